The predicted octanol–water partition coefficient (Wildman–Crippen LogP) is 1.56. The summed E-state index contributed by atoms with van der Waals surface area (Å²) < 4.78 is 5.62. The van der Waals surface area contributed by atoms with Gasteiger partial charge in [-0.3, -0.25) is 4.79 Å². The Morgan fingerprint density at radius 2 is 2.09 bits per heavy atom. The maximum atomic E-state index is 12.1. The van der Waals surface area contributed by atoms with Crippen LogP contribution in [0.25, 0.3) is 0 Å². The molecule has 22 heavy (non-hydrogen) atoms. The molecule has 116 valence electrons. The van der Waals surface area contributed by atoms with Gasteiger partial charge in [-0.2, -0.15) is 0 Å². The van der Waals surface area contributed by atoms with Gasteiger partial charge in [-0.05, 0) is 12.5 Å². The number of unbranched alkanes of at least 4 members (excludes halogenated alkanes) is 1. The molecule has 0 saturated heterocycles. The zero-order valence-corrected chi connectivity index (χ0v) is 12.5. The molecule has 2 aromatic rings. The summed E-state index contributed by atoms with van der Waals surface area (Å²) in [4.78, 5) is 24.0. The van der Waals surface area contributed by atoms with Crippen LogP contribution >= 0.6 is 0 Å². The van der Waals surface area contributed by atoms with Crippen molar-refractivity contribution < 1.29 is 9.53 Å². The summed E-state index contributed by atoms with van der Waals surface area (Å²) in [5.41, 5.74) is 6.54. The second-order valence-corrected chi connectivity index (χ2v) is 4.64. The number of rotatable bonds is 7. The third-order valence-electron chi connectivity index (χ3n) is 2.97. The van der Waals surface area contributed by atoms with Gasteiger partial charge in [0, 0.05) is 30.7 Å². The molecule has 0 aliphatic carbocycles. The normalized spacial score (nSPS) is 10.2. The van der Waals surface area contributed by atoms with E-state index in [-0.39, 0.29) is 24.0 Å². The van der Waals surface area contributed by atoms with Gasteiger partial charge in [0.05, 0.1) is 6.61 Å². The Balaban J connectivity index is 1.99. The fourth-order valence-corrected chi connectivity index (χ4v) is 1.78. The van der Waals surface area contributed by atoms with Gasteiger partial charge in [0.15, 0.2) is 11.5 Å². The highest BCUT2D eigenvalue weighted by Crippen LogP contribution is 2.15. The van der Waals surface area contributed by atoms with E-state index in [4.69, 9.17) is 10.5 Å². The zero-order chi connectivity index (χ0) is 15.8. The van der Waals surface area contributed by atoms with Gasteiger partial charge < -0.3 is 15.8 Å². The summed E-state index contributed by atoms with van der Waals surface area (Å²) in [7, 11) is 0. The Labute approximate surface area is 129 Å². The number of nitrogens with zero attached hydrogens (tertiary/aromatic N) is 3. The number of aromatic nitrogens is 3. The third kappa shape index (κ3) is 4.15. The van der Waals surface area contributed by atoms with E-state index in [0.717, 1.165) is 18.4 Å². The molecule has 0 atom stereocenters. The fraction of sp³-hybridized carbons (Fsp3) is 0.333. The van der Waals surface area contributed by atoms with E-state index in [9.17, 15) is 4.79 Å². The molecule has 0 unspecified atom stereocenters. The van der Waals surface area contributed by atoms with E-state index in [1.807, 2.05) is 6.07 Å². The molecule has 0 fully saturated rings. The van der Waals surface area contributed by atoms with Crippen molar-refractivity contribution in [2.24, 2.45) is 0 Å². The Hall–Kier alpha value is -2.70. The number of anilines is 1. The largest absolute Gasteiger partial charge is 0.477 e. The number of hydrogen-bond donors (Lipinski definition) is 2. The summed E-state index contributed by atoms with van der Waals surface area (Å²) in [5, 5.41) is 2.75. The molecule has 0 aliphatic heterocycles. The average Bonchev–Trinajstić information content (AvgIpc) is 2.54. The van der Waals surface area contributed by atoms with Crippen LogP contribution in [0, 0.1) is 0 Å². The van der Waals surface area contributed by atoms with Crippen molar-refractivity contribution in [3.05, 3.63) is 42.0 Å². The molecule has 2 heterocycles. The molecule has 7 heteroatoms. The highest BCUT2D eigenvalue weighted by atomic mass is 16.5. The molecule has 0 spiro atoms. The van der Waals surface area contributed by atoms with Crippen LogP contribution in [0.15, 0.2) is 30.7 Å². The Morgan fingerprint density at radius 3 is 2.86 bits per heavy atom. The van der Waals surface area contributed by atoms with Crippen molar-refractivity contribution in [1.29, 1.82) is 0 Å². The van der Waals surface area contributed by atoms with E-state index in [1.54, 1.807) is 12.3 Å². The molecule has 3 N–H and O–H groups in total. The number of ether oxygens (including phenoxy) is 1. The lowest BCUT2D eigenvalue weighted by Crippen LogP contribution is -2.25. The minimum Gasteiger partial charge on any atom is -0.477 e. The minimum absolute atomic E-state index is 0.102. The first-order valence-electron chi connectivity index (χ1n) is 7.13. The molecule has 1 amide bonds. The number of hydrogen-bond acceptors (Lipinski definition) is 6. The van der Waals surface area contributed by atoms with Gasteiger partial charge in [0.25, 0.3) is 5.91 Å². The number of amides is 1. The minimum atomic E-state index is -0.381. The molecule has 0 aliphatic rings. The van der Waals surface area contributed by atoms with Crippen LogP contribution in [0.4, 0.5) is 5.82 Å². The first-order valence-corrected chi connectivity index (χ1v) is 7.13. The number of carbonyl (C=O) groups is 1. The van der Waals surface area contributed by atoms with Crippen molar-refractivity contribution in [2.45, 2.75) is 26.3 Å². The number of nitrogens with one attached hydrogen (secondary N) is 1. The van der Waals surface area contributed by atoms with E-state index in [0.29, 0.717) is 12.5 Å². The first kappa shape index (κ1) is 15.7. The van der Waals surface area contributed by atoms with E-state index < -0.39 is 0 Å². The standard InChI is InChI=1S/C15H19N5O2/c1-2-3-9-22-15-11(5-4-6-19-15)10-20-14(21)12-13(16)18-8-7-17-12/h4-8H,2-3,9-10H2,1H3,(H2,16,18)(H,20,21). The molecule has 0 radical (unpaired) electrons. The summed E-state index contributed by atoms with van der Waals surface area (Å²) in [6.45, 7) is 2.98. The highest BCUT2D eigenvalue weighted by Gasteiger charge is 2.13. The predicted molar refractivity (Wildman–Crippen MR) is 82.3 cm³/mol. The average molecular weight is 301 g/mol. The van der Waals surface area contributed by atoms with E-state index in [2.05, 4.69) is 27.2 Å². The van der Waals surface area contributed by atoms with Crippen molar-refractivity contribution in [2.75, 3.05) is 12.3 Å². The van der Waals surface area contributed by atoms with Gasteiger partial charge in [0.2, 0.25) is 5.88 Å². The van der Waals surface area contributed by atoms with E-state index in [1.165, 1.54) is 12.4 Å². The SMILES string of the molecule is CCCCOc1ncccc1CNC(=O)c1nccnc1N. The number of pyridine rings is 1. The van der Waals surface area contributed by atoms with Crippen LogP contribution < -0.4 is 15.8 Å². The van der Waals surface area contributed by atoms with E-state index >= 15 is 0 Å². The molecule has 0 bridgehead atoms. The number of nitrogen functional groups attached to an aromatic ring is 1. The van der Waals surface area contributed by atoms with Crippen molar-refractivity contribution >= 4 is 11.7 Å². The Kier molecular flexibility index (Phi) is 5.65. The summed E-state index contributed by atoms with van der Waals surface area (Å²) in [6, 6.07) is 3.65. The molecule has 2 rings (SSSR count). The van der Waals surface area contributed by atoms with Crippen LogP contribution in [0.3, 0.4) is 0 Å². The third-order valence-corrected chi connectivity index (χ3v) is 2.97. The highest BCUT2D eigenvalue weighted by molar-refractivity contribution is 5.96. The molecule has 0 saturated carbocycles. The second kappa shape index (κ2) is 7.92. The van der Waals surface area contributed by atoms with Crippen LogP contribution in [0.2, 0.25) is 0 Å². The van der Waals surface area contributed by atoms with Gasteiger partial charge in [-0.15, -0.1) is 0 Å². The van der Waals surface area contributed by atoms with Crippen LogP contribution in [0.1, 0.15) is 35.8 Å². The first-order chi connectivity index (χ1) is 10.7. The molecule has 7 nitrogen and oxygen atoms in total. The second-order valence-electron chi connectivity index (χ2n) is 4.64. The molecular weight excluding hydrogens is 282 g/mol. The lowest BCUT2D eigenvalue weighted by molar-refractivity contribution is 0.0946. The maximum Gasteiger partial charge on any atom is 0.273 e. The van der Waals surface area contributed by atoms with Crippen LogP contribution in [-0.4, -0.2) is 27.5 Å². The van der Waals surface area contributed by atoms with Crippen molar-refractivity contribution in [3.63, 3.8) is 0 Å². The molecule has 2 aromatic heterocycles. The van der Waals surface area contributed by atoms with Gasteiger partial charge in [-0.1, -0.05) is 19.4 Å². The topological polar surface area (TPSA) is 103 Å². The Morgan fingerprint density at radius 1 is 1.27 bits per heavy atom. The summed E-state index contributed by atoms with van der Waals surface area (Å²) in [5.74, 6) is 0.253. The Bertz CT molecular complexity index is 633. The lowest BCUT2D eigenvalue weighted by atomic mass is 10.2. The van der Waals surface area contributed by atoms with Gasteiger partial charge >= 0.3 is 0 Å². The monoisotopic (exact) mass is 301 g/mol. The number of nitrogens with two attached hydrogens (primary N) is 1. The molecule has 0 aromatic carbocycles. The zero-order valence-electron chi connectivity index (χ0n) is 12.5. The summed E-state index contributed by atoms with van der Waals surface area (Å²) in [6.07, 6.45) is 6.53. The summed E-state index contributed by atoms with van der Waals surface area (Å²) >= 11 is 0. The quantitative estimate of drug-likeness (QED) is 0.752. The number of carbonyl (C=O) groups excluding carboxylic acids is 1. The van der Waals surface area contributed by atoms with Crippen LogP contribution in [-0.2, 0) is 6.54 Å². The van der Waals surface area contributed by atoms with Gasteiger partial charge in [0.1, 0.15) is 0 Å². The molecular formula is C15H19N5O2. The fourth-order valence-electron chi connectivity index (χ4n) is 1.78. The van der Waals surface area contributed by atoms with Crippen LogP contribution in [0.5, 0.6) is 5.88 Å². The van der Waals surface area contributed by atoms with Crippen molar-refractivity contribution in [1.82, 2.24) is 20.3 Å². The smallest absolute Gasteiger partial charge is 0.273 e. The van der Waals surface area contributed by atoms with Gasteiger partial charge in [-0.25, -0.2) is 15.0 Å². The lowest BCUT2D eigenvalue weighted by Gasteiger charge is -2.11. The maximum absolute atomic E-state index is 12.1. The van der Waals surface area contributed by atoms with Crippen molar-refractivity contribution in [3.8, 4) is 5.88 Å².